The summed E-state index contributed by atoms with van der Waals surface area (Å²) in [5.74, 6) is 0. The number of nitrogens with zero attached hydrogens (tertiary/aromatic N) is 1. The van der Waals surface area contributed by atoms with E-state index in [1.54, 1.807) is 30.3 Å². The number of hydrogen-bond donors (Lipinski definition) is 6. The van der Waals surface area contributed by atoms with Gasteiger partial charge in [0.1, 0.15) is 34.9 Å². The van der Waals surface area contributed by atoms with Crippen molar-refractivity contribution in [3.05, 3.63) is 35.9 Å². The van der Waals surface area contributed by atoms with Crippen molar-refractivity contribution in [3.63, 3.8) is 0 Å². The number of hydrogen-bond acceptors (Lipinski definition) is 11. The zero-order valence-corrected chi connectivity index (χ0v) is 16.0. The Morgan fingerprint density at radius 1 is 1.18 bits per heavy atom. The Morgan fingerprint density at radius 2 is 1.82 bits per heavy atom. The second-order valence-corrected chi connectivity index (χ2v) is 8.11. The molecule has 0 aromatic heterocycles. The van der Waals surface area contributed by atoms with E-state index in [4.69, 9.17) is 9.29 Å². The van der Waals surface area contributed by atoms with Crippen LogP contribution in [0.25, 0.3) is 0 Å². The Labute approximate surface area is 165 Å². The van der Waals surface area contributed by atoms with E-state index < -0.39 is 53.0 Å². The second kappa shape index (κ2) is 9.96. The van der Waals surface area contributed by atoms with Gasteiger partial charge in [0.2, 0.25) is 0 Å². The fraction of sp³-hybridized carbons (Fsp3) is 0.533. The summed E-state index contributed by atoms with van der Waals surface area (Å²) in [4.78, 5) is 0. The number of benzene rings is 1. The number of oxime groups is 1. The van der Waals surface area contributed by atoms with Crippen molar-refractivity contribution < 1.29 is 47.5 Å². The molecule has 0 aliphatic carbocycles. The lowest BCUT2D eigenvalue weighted by molar-refractivity contribution is -0.205. The molecular formula is C15H21NO10S2. The van der Waals surface area contributed by atoms with Crippen LogP contribution in [0.1, 0.15) is 18.1 Å². The third kappa shape index (κ3) is 6.37. The lowest BCUT2D eigenvalue weighted by Gasteiger charge is -2.39. The molecule has 11 nitrogen and oxygen atoms in total. The van der Waals surface area contributed by atoms with Gasteiger partial charge in [-0.2, -0.15) is 8.42 Å². The van der Waals surface area contributed by atoms with E-state index in [0.29, 0.717) is 17.3 Å². The van der Waals surface area contributed by atoms with Crippen LogP contribution in [-0.2, 0) is 19.4 Å². The zero-order valence-electron chi connectivity index (χ0n) is 14.3. The van der Waals surface area contributed by atoms with Crippen LogP contribution in [0.4, 0.5) is 0 Å². The van der Waals surface area contributed by atoms with Gasteiger partial charge in [0.15, 0.2) is 0 Å². The predicted octanol–water partition coefficient (Wildman–Crippen LogP) is -1.22. The van der Waals surface area contributed by atoms with Crippen LogP contribution in [0, 0.1) is 0 Å². The first kappa shape index (κ1) is 23.0. The summed E-state index contributed by atoms with van der Waals surface area (Å²) in [6, 6.07) is 8.31. The Balaban J connectivity index is 2.19. The van der Waals surface area contributed by atoms with Crippen molar-refractivity contribution in [2.24, 2.45) is 5.16 Å². The molecule has 1 aliphatic rings. The third-order valence-electron chi connectivity index (χ3n) is 3.89. The Hall–Kier alpha value is -1.29. The van der Waals surface area contributed by atoms with Gasteiger partial charge in [-0.25, -0.2) is 4.28 Å². The summed E-state index contributed by atoms with van der Waals surface area (Å²) in [7, 11) is -4.92. The molecule has 0 radical (unpaired) electrons. The fourth-order valence-corrected chi connectivity index (χ4v) is 3.79. The first-order chi connectivity index (χ1) is 13.1. The highest BCUT2D eigenvalue weighted by molar-refractivity contribution is 8.14. The Kier molecular flexibility index (Phi) is 8.18. The molecule has 1 fully saturated rings. The first-order valence-corrected chi connectivity index (χ1v) is 10.3. The average molecular weight is 439 g/mol. The summed E-state index contributed by atoms with van der Waals surface area (Å²) in [6.07, 6.45) is -7.43. The largest absolute Gasteiger partial charge is 0.466 e. The molecular weight excluding hydrogens is 418 g/mol. The molecule has 1 saturated heterocycles. The first-order valence-electron chi connectivity index (χ1n) is 8.05. The van der Waals surface area contributed by atoms with Gasteiger partial charge in [0.05, 0.1) is 12.7 Å². The molecule has 0 bridgehead atoms. The highest BCUT2D eigenvalue weighted by Gasteiger charge is 2.44. The highest BCUT2D eigenvalue weighted by atomic mass is 32.3. The van der Waals surface area contributed by atoms with Gasteiger partial charge in [0, 0.05) is 6.42 Å². The van der Waals surface area contributed by atoms with Crippen LogP contribution in [0.2, 0.25) is 0 Å². The molecule has 0 saturated carbocycles. The quantitative estimate of drug-likeness (QED) is 0.129. The molecule has 2 rings (SSSR count). The maximum atomic E-state index is 10.8. The Morgan fingerprint density at radius 3 is 2.39 bits per heavy atom. The second-order valence-electron chi connectivity index (χ2n) is 5.93. The molecule has 1 aromatic rings. The summed E-state index contributed by atoms with van der Waals surface area (Å²) in [5.41, 5.74) is -0.793. The highest BCUT2D eigenvalue weighted by Crippen LogP contribution is 2.32. The minimum atomic E-state index is -4.92. The molecule has 6 N–H and O–H groups in total. The van der Waals surface area contributed by atoms with E-state index >= 15 is 0 Å². The minimum absolute atomic E-state index is 0.196. The SMILES string of the molecule is O=S(=O)(O)ON=C(C[C@@H](O)c1ccccc1)S[C@H]1O[C@@H](CO)[C@H](O)[C@@H](O)[C@@H]1O. The monoisotopic (exact) mass is 439 g/mol. The van der Waals surface area contributed by atoms with Crippen molar-refractivity contribution in [1.82, 2.24) is 0 Å². The van der Waals surface area contributed by atoms with Crippen molar-refractivity contribution >= 4 is 27.2 Å². The average Bonchev–Trinajstić information content (AvgIpc) is 2.66. The maximum Gasteiger partial charge on any atom is 0.466 e. The lowest BCUT2D eigenvalue weighted by atomic mass is 10.0. The van der Waals surface area contributed by atoms with Crippen LogP contribution >= 0.6 is 11.8 Å². The maximum absolute atomic E-state index is 10.8. The van der Waals surface area contributed by atoms with Gasteiger partial charge in [0.25, 0.3) is 0 Å². The minimum Gasteiger partial charge on any atom is -0.394 e. The van der Waals surface area contributed by atoms with Crippen molar-refractivity contribution in [2.75, 3.05) is 6.61 Å². The standard InChI is InChI=1S/C15H21NO10S2/c17-7-10-12(19)13(20)14(21)15(25-10)27-11(16-26-28(22,23)24)6-9(18)8-4-2-1-3-5-8/h1-5,9-10,12-15,17-21H,6-7H2,(H,22,23,24)/t9-,10+,12+,13-,14+,15-/m1/s1. The molecule has 1 aliphatic heterocycles. The molecule has 0 unspecified atom stereocenters. The van der Waals surface area contributed by atoms with E-state index in [-0.39, 0.29) is 11.5 Å². The van der Waals surface area contributed by atoms with Crippen LogP contribution in [-0.4, -0.2) is 80.0 Å². The molecule has 1 aromatic carbocycles. The van der Waals surface area contributed by atoms with Crippen molar-refractivity contribution in [1.29, 1.82) is 0 Å². The van der Waals surface area contributed by atoms with Gasteiger partial charge in [-0.15, -0.1) is 0 Å². The van der Waals surface area contributed by atoms with E-state index in [1.165, 1.54) is 0 Å². The van der Waals surface area contributed by atoms with Crippen LogP contribution in [0.3, 0.4) is 0 Å². The van der Waals surface area contributed by atoms with E-state index in [1.807, 2.05) is 0 Å². The van der Waals surface area contributed by atoms with Crippen LogP contribution < -0.4 is 0 Å². The summed E-state index contributed by atoms with van der Waals surface area (Å²) in [6.45, 7) is -0.650. The van der Waals surface area contributed by atoms with Gasteiger partial charge < -0.3 is 30.3 Å². The van der Waals surface area contributed by atoms with Crippen molar-refractivity contribution in [2.45, 2.75) is 42.4 Å². The zero-order chi connectivity index (χ0) is 20.9. The van der Waals surface area contributed by atoms with Crippen LogP contribution in [0.5, 0.6) is 0 Å². The molecule has 158 valence electrons. The fourth-order valence-electron chi connectivity index (χ4n) is 2.45. The molecule has 0 spiro atoms. The summed E-state index contributed by atoms with van der Waals surface area (Å²) in [5, 5.41) is 52.3. The van der Waals surface area contributed by atoms with Gasteiger partial charge >= 0.3 is 10.4 Å². The van der Waals surface area contributed by atoms with Crippen molar-refractivity contribution in [3.8, 4) is 0 Å². The topological polar surface area (TPSA) is 186 Å². The molecule has 13 heteroatoms. The molecule has 6 atom stereocenters. The third-order valence-corrected chi connectivity index (χ3v) is 5.28. The normalized spacial score (nSPS) is 30.1. The number of thioether (sulfide) groups is 1. The number of rotatable bonds is 7. The van der Waals surface area contributed by atoms with Gasteiger partial charge in [-0.05, 0) is 5.56 Å². The summed E-state index contributed by atoms with van der Waals surface area (Å²) < 4.78 is 39.6. The number of aliphatic hydroxyl groups is 5. The number of aliphatic hydroxyl groups excluding tert-OH is 5. The lowest BCUT2D eigenvalue weighted by Crippen LogP contribution is -2.57. The summed E-state index contributed by atoms with van der Waals surface area (Å²) >= 11 is 0.597. The molecule has 0 amide bonds. The predicted molar refractivity (Wildman–Crippen MR) is 97.4 cm³/mol. The van der Waals surface area contributed by atoms with E-state index in [2.05, 4.69) is 9.44 Å². The number of ether oxygens (including phenoxy) is 1. The van der Waals surface area contributed by atoms with Crippen LogP contribution in [0.15, 0.2) is 35.5 Å². The molecule has 1 heterocycles. The molecule has 28 heavy (non-hydrogen) atoms. The van der Waals surface area contributed by atoms with E-state index in [0.717, 1.165) is 0 Å². The Bertz CT molecular complexity index is 757. The van der Waals surface area contributed by atoms with Gasteiger partial charge in [-0.1, -0.05) is 47.2 Å². The van der Waals surface area contributed by atoms with E-state index in [9.17, 15) is 34.0 Å². The smallest absolute Gasteiger partial charge is 0.394 e. The van der Waals surface area contributed by atoms with Gasteiger partial charge in [-0.3, -0.25) is 4.55 Å².